The van der Waals surface area contributed by atoms with Crippen molar-refractivity contribution in [2.24, 2.45) is 0 Å². The second-order valence-electron chi connectivity index (χ2n) is 12.2. The minimum absolute atomic E-state index is 0.0438. The van der Waals surface area contributed by atoms with Gasteiger partial charge in [-0.05, 0) is 30.7 Å². The number of amides is 2. The highest BCUT2D eigenvalue weighted by Gasteiger charge is 2.41. The van der Waals surface area contributed by atoms with Crippen LogP contribution >= 0.6 is 23.2 Å². The number of benzene rings is 1. The maximum Gasteiger partial charge on any atom is 0.247 e. The van der Waals surface area contributed by atoms with Crippen LogP contribution in [0.1, 0.15) is 31.2 Å². The number of methoxy groups -OCH3 is 3. The molecule has 1 aliphatic carbocycles. The zero-order valence-corrected chi connectivity index (χ0v) is 29.0. The van der Waals surface area contributed by atoms with Gasteiger partial charge in [0, 0.05) is 106 Å². The van der Waals surface area contributed by atoms with Crippen LogP contribution in [-0.2, 0) is 19.1 Å². The fourth-order valence-corrected chi connectivity index (χ4v) is 8.04. The van der Waals surface area contributed by atoms with Gasteiger partial charge in [-0.15, -0.1) is 23.2 Å². The van der Waals surface area contributed by atoms with Crippen LogP contribution in [0.15, 0.2) is 55.5 Å². The fraction of sp³-hybridized carbons (Fsp3) is 0.429. The molecule has 0 spiro atoms. The number of piperazine rings is 1. The second-order valence-corrected chi connectivity index (χ2v) is 13.3. The fourth-order valence-electron chi connectivity index (χ4n) is 6.96. The number of alkyl halides is 2. The Hall–Kier alpha value is -3.90. The van der Waals surface area contributed by atoms with Crippen molar-refractivity contribution >= 4 is 62.9 Å². The smallest absolute Gasteiger partial charge is 0.247 e. The lowest BCUT2D eigenvalue weighted by Gasteiger charge is -2.36. The Balaban J connectivity index is 1.44. The summed E-state index contributed by atoms with van der Waals surface area (Å²) in [5.41, 5.74) is 5.26. The molecule has 1 aromatic carbocycles. The molecule has 1 saturated carbocycles. The Morgan fingerprint density at radius 2 is 1.79 bits per heavy atom. The number of rotatable bonds is 8. The number of anilines is 2. The van der Waals surface area contributed by atoms with Crippen molar-refractivity contribution in [3.63, 3.8) is 0 Å². The van der Waals surface area contributed by atoms with Gasteiger partial charge < -0.3 is 29.3 Å². The molecule has 1 saturated heterocycles. The molecule has 2 amide bonds. The van der Waals surface area contributed by atoms with Crippen LogP contribution in [-0.4, -0.2) is 102 Å². The number of nitrogens with one attached hydrogen (secondary N) is 1. The maximum absolute atomic E-state index is 12.6. The summed E-state index contributed by atoms with van der Waals surface area (Å²) >= 11 is 14.2. The van der Waals surface area contributed by atoms with Gasteiger partial charge >= 0.3 is 0 Å². The lowest BCUT2D eigenvalue weighted by atomic mass is 9.89. The van der Waals surface area contributed by atoms with Crippen LogP contribution in [0.4, 0.5) is 11.4 Å². The number of nitrogens with zero attached hydrogens (tertiary/aromatic N) is 5. The summed E-state index contributed by atoms with van der Waals surface area (Å²) in [6.45, 7) is 7.59. The third kappa shape index (κ3) is 6.44. The number of imidazole rings is 1. The predicted octanol–water partition coefficient (Wildman–Crippen LogP) is 5.47. The van der Waals surface area contributed by atoms with Gasteiger partial charge in [0.2, 0.25) is 11.8 Å². The molecule has 2 aliphatic rings. The Labute approximate surface area is 289 Å². The number of hydrogen-bond donors (Lipinski definition) is 1. The van der Waals surface area contributed by atoms with Crippen molar-refractivity contribution in [1.82, 2.24) is 19.3 Å². The van der Waals surface area contributed by atoms with Crippen LogP contribution in [0.3, 0.4) is 0 Å². The molecule has 13 heteroatoms. The zero-order chi connectivity index (χ0) is 34.1. The molecule has 6 rings (SSSR count). The predicted molar refractivity (Wildman–Crippen MR) is 189 cm³/mol. The van der Waals surface area contributed by atoms with Crippen molar-refractivity contribution in [1.29, 1.82) is 0 Å². The lowest BCUT2D eigenvalue weighted by Crippen LogP contribution is -2.48. The molecule has 5 atom stereocenters. The summed E-state index contributed by atoms with van der Waals surface area (Å²) in [5.74, 6) is 0.0403. The quantitative estimate of drug-likeness (QED) is 0.147. The molecule has 1 N–H and O–H groups in total. The summed E-state index contributed by atoms with van der Waals surface area (Å²) in [7, 11) is 4.96. The summed E-state index contributed by atoms with van der Waals surface area (Å²) < 4.78 is 19.4. The van der Waals surface area contributed by atoms with E-state index in [1.165, 1.54) is 6.08 Å². The molecule has 1 aliphatic heterocycles. The number of carbonyl (C=O) groups is 2. The average Bonchev–Trinajstić information content (AvgIpc) is 3.56. The lowest BCUT2D eigenvalue weighted by molar-refractivity contribution is -0.129. The van der Waals surface area contributed by atoms with Gasteiger partial charge in [0.05, 0.1) is 47.3 Å². The highest BCUT2D eigenvalue weighted by atomic mass is 35.5. The van der Waals surface area contributed by atoms with Gasteiger partial charge in [-0.3, -0.25) is 19.0 Å². The molecule has 2 fully saturated rings. The topological polar surface area (TPSA) is 111 Å². The van der Waals surface area contributed by atoms with Crippen molar-refractivity contribution in [3.05, 3.63) is 61.1 Å². The van der Waals surface area contributed by atoms with E-state index < -0.39 is 5.38 Å². The Bertz CT molecular complexity index is 1840. The SMILES string of the molecule is C=CC(=O)Nc1cc(-c2cc3c(cn2)cc(C2C(Cl)CC(OC)CC(OC)C2Cl)c2nccn23)c(OC)cc1N1CCN(C(C)=O)CC1. The van der Waals surface area contributed by atoms with Crippen molar-refractivity contribution < 1.29 is 23.8 Å². The zero-order valence-electron chi connectivity index (χ0n) is 27.5. The first-order valence-corrected chi connectivity index (χ1v) is 16.8. The molecule has 3 aromatic heterocycles. The number of halogens is 2. The van der Waals surface area contributed by atoms with E-state index in [0.29, 0.717) is 61.7 Å². The van der Waals surface area contributed by atoms with E-state index in [2.05, 4.69) is 22.9 Å². The monoisotopic (exact) mass is 694 g/mol. The molecule has 0 bridgehead atoms. The largest absolute Gasteiger partial charge is 0.496 e. The Morgan fingerprint density at radius 1 is 1.02 bits per heavy atom. The second kappa shape index (κ2) is 14.3. The number of ether oxygens (including phenoxy) is 3. The summed E-state index contributed by atoms with van der Waals surface area (Å²) in [4.78, 5) is 38.1. The number of hydrogen-bond acceptors (Lipinski definition) is 8. The van der Waals surface area contributed by atoms with Gasteiger partial charge in [0.25, 0.3) is 0 Å². The van der Waals surface area contributed by atoms with Crippen molar-refractivity contribution in [3.8, 4) is 17.0 Å². The van der Waals surface area contributed by atoms with E-state index in [1.807, 2.05) is 39.9 Å². The van der Waals surface area contributed by atoms with Crippen LogP contribution in [0.5, 0.6) is 5.75 Å². The first-order valence-electron chi connectivity index (χ1n) is 15.9. The Kier molecular flexibility index (Phi) is 10.1. The number of fused-ring (bicyclic) bond motifs is 3. The molecule has 4 heterocycles. The third-order valence-corrected chi connectivity index (χ3v) is 10.6. The minimum Gasteiger partial charge on any atom is -0.496 e. The normalized spacial score (nSPS) is 23.2. The van der Waals surface area contributed by atoms with Gasteiger partial charge in [-0.1, -0.05) is 6.58 Å². The summed E-state index contributed by atoms with van der Waals surface area (Å²) in [5, 5.41) is 3.14. The van der Waals surface area contributed by atoms with E-state index in [-0.39, 0.29) is 35.3 Å². The van der Waals surface area contributed by atoms with E-state index >= 15 is 0 Å². The average molecular weight is 696 g/mol. The number of carbonyl (C=O) groups excluding carboxylic acids is 2. The van der Waals surface area contributed by atoms with Gasteiger partial charge in [0.1, 0.15) is 11.4 Å². The van der Waals surface area contributed by atoms with Crippen LogP contribution < -0.4 is 15.0 Å². The van der Waals surface area contributed by atoms with Gasteiger partial charge in [-0.25, -0.2) is 4.98 Å². The summed E-state index contributed by atoms with van der Waals surface area (Å²) in [6, 6.07) is 7.84. The van der Waals surface area contributed by atoms with Gasteiger partial charge in [-0.2, -0.15) is 0 Å². The third-order valence-electron chi connectivity index (χ3n) is 9.55. The minimum atomic E-state index is -0.403. The Morgan fingerprint density at radius 3 is 2.46 bits per heavy atom. The first kappa shape index (κ1) is 34.0. The van der Waals surface area contributed by atoms with Crippen LogP contribution in [0.2, 0.25) is 0 Å². The molecular formula is C35H40Cl2N6O5. The molecular weight excluding hydrogens is 655 g/mol. The van der Waals surface area contributed by atoms with E-state index in [4.69, 9.17) is 47.4 Å². The number of aromatic nitrogens is 3. The van der Waals surface area contributed by atoms with Crippen molar-refractivity contribution in [2.75, 3.05) is 57.7 Å². The number of pyridine rings is 2. The highest BCUT2D eigenvalue weighted by molar-refractivity contribution is 6.25. The molecule has 254 valence electrons. The van der Waals surface area contributed by atoms with Crippen LogP contribution in [0.25, 0.3) is 27.8 Å². The molecule has 0 radical (unpaired) electrons. The molecule has 48 heavy (non-hydrogen) atoms. The van der Waals surface area contributed by atoms with Crippen molar-refractivity contribution in [2.45, 2.75) is 48.6 Å². The van der Waals surface area contributed by atoms with Crippen LogP contribution in [0, 0.1) is 0 Å². The molecule has 5 unspecified atom stereocenters. The van der Waals surface area contributed by atoms with E-state index in [0.717, 1.165) is 27.8 Å². The first-order chi connectivity index (χ1) is 23.2. The van der Waals surface area contributed by atoms with Gasteiger partial charge in [0.15, 0.2) is 0 Å². The summed E-state index contributed by atoms with van der Waals surface area (Å²) in [6.07, 6.45) is 7.68. The molecule has 4 aromatic rings. The van der Waals surface area contributed by atoms with E-state index in [1.54, 1.807) is 34.4 Å². The maximum atomic E-state index is 12.6. The van der Waals surface area contributed by atoms with E-state index in [9.17, 15) is 9.59 Å². The standard InChI is InChI=1S/C35H40Cl2N6O5/c1-6-32(45)40-27-16-23(30(47-4)18-29(27)42-11-9-41(10-12-42)20(2)44)26-17-28-21(19-39-26)13-24(35-38-7-8-43(28)35)33-25(36)14-22(46-3)15-31(48-5)34(33)37/h6-8,13,16-19,22,25,31,33-34H,1,9-12,14-15H2,2-5H3,(H,40,45). The molecule has 11 nitrogen and oxygen atoms in total. The highest BCUT2D eigenvalue weighted by Crippen LogP contribution is 2.44.